The Kier molecular flexibility index (Phi) is 6.11. The van der Waals surface area contributed by atoms with Gasteiger partial charge in [0, 0.05) is 23.3 Å². The summed E-state index contributed by atoms with van der Waals surface area (Å²) in [7, 11) is 0. The van der Waals surface area contributed by atoms with Crippen LogP contribution in [0.5, 0.6) is 0 Å². The van der Waals surface area contributed by atoms with Crippen molar-refractivity contribution < 1.29 is 9.59 Å². The lowest BCUT2D eigenvalue weighted by Crippen LogP contribution is -2.28. The molecule has 0 atom stereocenters. The predicted octanol–water partition coefficient (Wildman–Crippen LogP) is 2.39. The van der Waals surface area contributed by atoms with Crippen LogP contribution in [0.2, 0.25) is 0 Å². The molecule has 0 aliphatic heterocycles. The normalized spacial score (nSPS) is 10.8. The molecule has 5 nitrogen and oxygen atoms in total. The quantitative estimate of drug-likeness (QED) is 0.556. The smallest absolute Gasteiger partial charge is 0.238 e. The Morgan fingerprint density at radius 2 is 1.81 bits per heavy atom. The van der Waals surface area contributed by atoms with E-state index < -0.39 is 5.41 Å². The summed E-state index contributed by atoms with van der Waals surface area (Å²) in [5.74, 6) is -0.213. The summed E-state index contributed by atoms with van der Waals surface area (Å²) in [5, 5.41) is 8.52. The summed E-state index contributed by atoms with van der Waals surface area (Å²) in [6.07, 6.45) is 1.69. The first-order valence-corrected chi connectivity index (χ1v) is 6.86. The zero-order valence-electron chi connectivity index (χ0n) is 12.8. The van der Waals surface area contributed by atoms with Crippen molar-refractivity contribution >= 4 is 23.2 Å². The van der Waals surface area contributed by atoms with Gasteiger partial charge in [-0.1, -0.05) is 32.9 Å². The van der Waals surface area contributed by atoms with Crippen molar-refractivity contribution in [2.45, 2.75) is 20.8 Å². The average Bonchev–Trinajstić information content (AvgIpc) is 2.38. The zero-order chi connectivity index (χ0) is 15.9. The molecule has 0 heterocycles. The molecule has 2 amide bonds. The molecule has 1 aromatic carbocycles. The van der Waals surface area contributed by atoms with Crippen molar-refractivity contribution in [2.75, 3.05) is 23.7 Å². The molecular formula is C16H23N3O2. The molecular weight excluding hydrogens is 266 g/mol. The van der Waals surface area contributed by atoms with E-state index in [-0.39, 0.29) is 18.4 Å². The first-order chi connectivity index (χ1) is 9.82. The summed E-state index contributed by atoms with van der Waals surface area (Å²) in [6.45, 7) is 9.90. The Morgan fingerprint density at radius 1 is 1.19 bits per heavy atom. The van der Waals surface area contributed by atoms with E-state index in [4.69, 9.17) is 0 Å². The van der Waals surface area contributed by atoms with Gasteiger partial charge in [0.2, 0.25) is 11.8 Å². The third-order valence-electron chi connectivity index (χ3n) is 2.66. The third-order valence-corrected chi connectivity index (χ3v) is 2.66. The van der Waals surface area contributed by atoms with Crippen LogP contribution < -0.4 is 16.0 Å². The maximum Gasteiger partial charge on any atom is 0.238 e. The lowest BCUT2D eigenvalue weighted by molar-refractivity contribution is -0.123. The molecule has 0 unspecified atom stereocenters. The van der Waals surface area contributed by atoms with Gasteiger partial charge in [-0.25, -0.2) is 0 Å². The van der Waals surface area contributed by atoms with Gasteiger partial charge in [-0.05, 0) is 18.2 Å². The van der Waals surface area contributed by atoms with Gasteiger partial charge >= 0.3 is 0 Å². The molecule has 0 bridgehead atoms. The first-order valence-electron chi connectivity index (χ1n) is 6.86. The molecule has 3 N–H and O–H groups in total. The molecule has 5 heteroatoms. The highest BCUT2D eigenvalue weighted by Gasteiger charge is 2.21. The number of amides is 2. The molecule has 0 radical (unpaired) electrons. The standard InChI is InChI=1S/C16H23N3O2/c1-5-9-17-11-14(20)18-12-7-6-8-13(10-12)19-15(21)16(2,3)4/h5-8,10,17H,1,9,11H2,2-4H3,(H,18,20)(H,19,21). The van der Waals surface area contributed by atoms with Crippen molar-refractivity contribution in [3.8, 4) is 0 Å². The minimum absolute atomic E-state index is 0.0707. The molecule has 21 heavy (non-hydrogen) atoms. The number of anilines is 2. The Labute approximate surface area is 125 Å². The Balaban J connectivity index is 2.62. The van der Waals surface area contributed by atoms with Gasteiger partial charge < -0.3 is 16.0 Å². The second-order valence-electron chi connectivity index (χ2n) is 5.75. The van der Waals surface area contributed by atoms with Gasteiger partial charge in [-0.3, -0.25) is 9.59 Å². The van der Waals surface area contributed by atoms with Gasteiger partial charge in [-0.15, -0.1) is 6.58 Å². The lowest BCUT2D eigenvalue weighted by atomic mass is 9.95. The van der Waals surface area contributed by atoms with Crippen molar-refractivity contribution in [2.24, 2.45) is 5.41 Å². The topological polar surface area (TPSA) is 70.2 Å². The number of rotatable bonds is 6. The van der Waals surface area contributed by atoms with E-state index in [1.165, 1.54) is 0 Å². The van der Waals surface area contributed by atoms with Crippen LogP contribution in [0.15, 0.2) is 36.9 Å². The van der Waals surface area contributed by atoms with Crippen molar-refractivity contribution in [1.29, 1.82) is 0 Å². The lowest BCUT2D eigenvalue weighted by Gasteiger charge is -2.18. The molecule has 1 rings (SSSR count). The molecule has 0 spiro atoms. The molecule has 1 aromatic rings. The average molecular weight is 289 g/mol. The number of carbonyl (C=O) groups excluding carboxylic acids is 2. The van der Waals surface area contributed by atoms with Crippen LogP contribution in [-0.2, 0) is 9.59 Å². The predicted molar refractivity (Wildman–Crippen MR) is 86.2 cm³/mol. The van der Waals surface area contributed by atoms with Crippen LogP contribution in [0.4, 0.5) is 11.4 Å². The highest BCUT2D eigenvalue weighted by molar-refractivity contribution is 5.96. The van der Waals surface area contributed by atoms with E-state index in [9.17, 15) is 9.59 Å². The third kappa shape index (κ3) is 6.23. The van der Waals surface area contributed by atoms with E-state index >= 15 is 0 Å². The van der Waals surface area contributed by atoms with E-state index in [1.54, 1.807) is 30.3 Å². The van der Waals surface area contributed by atoms with Gasteiger partial charge in [0.15, 0.2) is 0 Å². The van der Waals surface area contributed by atoms with E-state index in [2.05, 4.69) is 22.5 Å². The summed E-state index contributed by atoms with van der Waals surface area (Å²) >= 11 is 0. The molecule has 0 aliphatic rings. The highest BCUT2D eigenvalue weighted by atomic mass is 16.2. The second kappa shape index (κ2) is 7.59. The first kappa shape index (κ1) is 16.9. The van der Waals surface area contributed by atoms with Gasteiger partial charge in [0.1, 0.15) is 0 Å². The number of nitrogens with one attached hydrogen (secondary N) is 3. The molecule has 0 saturated heterocycles. The van der Waals surface area contributed by atoms with Crippen LogP contribution in [-0.4, -0.2) is 24.9 Å². The van der Waals surface area contributed by atoms with Gasteiger partial charge in [0.05, 0.1) is 6.54 Å². The maximum absolute atomic E-state index is 11.9. The van der Waals surface area contributed by atoms with Crippen LogP contribution in [0.3, 0.4) is 0 Å². The maximum atomic E-state index is 11.9. The van der Waals surface area contributed by atoms with Crippen molar-refractivity contribution in [1.82, 2.24) is 5.32 Å². The summed E-state index contributed by atoms with van der Waals surface area (Å²) in [6, 6.07) is 7.08. The number of hydrogen-bond donors (Lipinski definition) is 3. The van der Waals surface area contributed by atoms with E-state index in [0.29, 0.717) is 17.9 Å². The van der Waals surface area contributed by atoms with Crippen LogP contribution in [0.25, 0.3) is 0 Å². The summed E-state index contributed by atoms with van der Waals surface area (Å²) in [5.41, 5.74) is 0.840. The molecule has 0 aromatic heterocycles. The van der Waals surface area contributed by atoms with Crippen LogP contribution in [0.1, 0.15) is 20.8 Å². The monoisotopic (exact) mass is 289 g/mol. The molecule has 0 saturated carbocycles. The Hall–Kier alpha value is -2.14. The van der Waals surface area contributed by atoms with Crippen LogP contribution in [0, 0.1) is 5.41 Å². The Bertz CT molecular complexity index is 518. The number of carbonyl (C=O) groups is 2. The van der Waals surface area contributed by atoms with Crippen molar-refractivity contribution in [3.63, 3.8) is 0 Å². The minimum Gasteiger partial charge on any atom is -0.326 e. The zero-order valence-corrected chi connectivity index (χ0v) is 12.8. The largest absolute Gasteiger partial charge is 0.326 e. The molecule has 0 aliphatic carbocycles. The fraction of sp³-hybridized carbons (Fsp3) is 0.375. The van der Waals surface area contributed by atoms with Gasteiger partial charge in [0.25, 0.3) is 0 Å². The van der Waals surface area contributed by atoms with Crippen LogP contribution >= 0.6 is 0 Å². The summed E-state index contributed by atoms with van der Waals surface area (Å²) in [4.78, 5) is 23.6. The fourth-order valence-electron chi connectivity index (χ4n) is 1.49. The fourth-order valence-corrected chi connectivity index (χ4v) is 1.49. The highest BCUT2D eigenvalue weighted by Crippen LogP contribution is 2.19. The summed E-state index contributed by atoms with van der Waals surface area (Å²) < 4.78 is 0. The minimum atomic E-state index is -0.464. The molecule has 114 valence electrons. The number of benzene rings is 1. The van der Waals surface area contributed by atoms with E-state index in [0.717, 1.165) is 0 Å². The SMILES string of the molecule is C=CCNCC(=O)Nc1cccc(NC(=O)C(C)(C)C)c1. The second-order valence-corrected chi connectivity index (χ2v) is 5.75. The molecule has 0 fully saturated rings. The van der Waals surface area contributed by atoms with Gasteiger partial charge in [-0.2, -0.15) is 0 Å². The number of hydrogen-bond acceptors (Lipinski definition) is 3. The van der Waals surface area contributed by atoms with E-state index in [1.807, 2.05) is 20.8 Å². The van der Waals surface area contributed by atoms with Crippen molar-refractivity contribution in [3.05, 3.63) is 36.9 Å². The Morgan fingerprint density at radius 3 is 2.38 bits per heavy atom.